The largest absolute Gasteiger partial charge is 0.406 e. The van der Waals surface area contributed by atoms with Crippen LogP contribution in [0.1, 0.15) is 6.92 Å². The van der Waals surface area contributed by atoms with E-state index in [4.69, 9.17) is 4.74 Å². The van der Waals surface area contributed by atoms with E-state index in [2.05, 4.69) is 5.32 Å². The summed E-state index contributed by atoms with van der Waals surface area (Å²) in [6.07, 6.45) is -4.36. The predicted molar refractivity (Wildman–Crippen MR) is 53.0 cm³/mol. The average Bonchev–Trinajstić information content (AvgIpc) is 2.11. The molecule has 0 spiro atoms. The lowest BCUT2D eigenvalue weighted by Gasteiger charge is -2.20. The SMILES string of the molecule is COCC(C)NCC(=O)N(C)CC(F)(F)F. The van der Waals surface area contributed by atoms with Crippen LogP contribution in [-0.4, -0.2) is 56.9 Å². The van der Waals surface area contributed by atoms with Crippen molar-refractivity contribution in [2.24, 2.45) is 0 Å². The van der Waals surface area contributed by atoms with Gasteiger partial charge in [0.25, 0.3) is 0 Å². The fraction of sp³-hybridized carbons (Fsp3) is 0.889. The van der Waals surface area contributed by atoms with E-state index in [-0.39, 0.29) is 12.6 Å². The summed E-state index contributed by atoms with van der Waals surface area (Å²) in [5.74, 6) is -0.597. The molecule has 0 rings (SSSR count). The molecule has 1 unspecified atom stereocenters. The molecule has 1 N–H and O–H groups in total. The first-order valence-corrected chi connectivity index (χ1v) is 4.79. The summed E-state index contributed by atoms with van der Waals surface area (Å²) in [7, 11) is 2.63. The molecular formula is C9H17F3N2O2. The number of hydrogen-bond acceptors (Lipinski definition) is 3. The van der Waals surface area contributed by atoms with Gasteiger partial charge in [0.2, 0.25) is 5.91 Å². The molecule has 0 aliphatic heterocycles. The van der Waals surface area contributed by atoms with Gasteiger partial charge in [-0.2, -0.15) is 13.2 Å². The number of ether oxygens (including phenoxy) is 1. The van der Waals surface area contributed by atoms with Crippen LogP contribution in [-0.2, 0) is 9.53 Å². The van der Waals surface area contributed by atoms with Crippen molar-refractivity contribution in [2.75, 3.05) is 33.9 Å². The van der Waals surface area contributed by atoms with Crippen LogP contribution in [0, 0.1) is 0 Å². The minimum atomic E-state index is -4.36. The third-order valence-electron chi connectivity index (χ3n) is 1.86. The van der Waals surface area contributed by atoms with Crippen LogP contribution in [0.2, 0.25) is 0 Å². The van der Waals surface area contributed by atoms with Crippen molar-refractivity contribution >= 4 is 5.91 Å². The van der Waals surface area contributed by atoms with Gasteiger partial charge in [-0.3, -0.25) is 4.79 Å². The number of carbonyl (C=O) groups excluding carboxylic acids is 1. The summed E-state index contributed by atoms with van der Waals surface area (Å²) in [5, 5.41) is 2.77. The second-order valence-electron chi connectivity index (χ2n) is 3.60. The van der Waals surface area contributed by atoms with Crippen molar-refractivity contribution in [1.82, 2.24) is 10.2 Å². The van der Waals surface area contributed by atoms with E-state index in [1.165, 1.54) is 7.11 Å². The highest BCUT2D eigenvalue weighted by Crippen LogP contribution is 2.15. The van der Waals surface area contributed by atoms with Gasteiger partial charge in [0.05, 0.1) is 13.2 Å². The molecule has 0 aliphatic rings. The van der Waals surface area contributed by atoms with Gasteiger partial charge in [-0.1, -0.05) is 0 Å². The molecule has 16 heavy (non-hydrogen) atoms. The molecule has 4 nitrogen and oxygen atoms in total. The summed E-state index contributed by atoms with van der Waals surface area (Å²) in [4.78, 5) is 11.9. The summed E-state index contributed by atoms with van der Waals surface area (Å²) in [6, 6.07) is -0.0757. The Kier molecular flexibility index (Phi) is 6.35. The Hall–Kier alpha value is -0.820. The van der Waals surface area contributed by atoms with Crippen molar-refractivity contribution < 1.29 is 22.7 Å². The third-order valence-corrected chi connectivity index (χ3v) is 1.86. The van der Waals surface area contributed by atoms with Crippen molar-refractivity contribution in [2.45, 2.75) is 19.1 Å². The van der Waals surface area contributed by atoms with Crippen LogP contribution in [0.4, 0.5) is 13.2 Å². The van der Waals surface area contributed by atoms with E-state index < -0.39 is 18.6 Å². The Labute approximate surface area is 92.7 Å². The lowest BCUT2D eigenvalue weighted by molar-refractivity contribution is -0.157. The molecule has 0 aromatic rings. The lowest BCUT2D eigenvalue weighted by Crippen LogP contribution is -2.43. The Morgan fingerprint density at radius 2 is 2.06 bits per heavy atom. The number of hydrogen-bond donors (Lipinski definition) is 1. The molecule has 0 aliphatic carbocycles. The van der Waals surface area contributed by atoms with Gasteiger partial charge in [-0.15, -0.1) is 0 Å². The normalized spacial score (nSPS) is 13.6. The molecule has 0 heterocycles. The van der Waals surface area contributed by atoms with E-state index in [0.717, 1.165) is 7.05 Å². The number of likely N-dealkylation sites (N-methyl/N-ethyl adjacent to an activating group) is 1. The minimum absolute atomic E-state index is 0.0757. The molecule has 0 saturated carbocycles. The highest BCUT2D eigenvalue weighted by Gasteiger charge is 2.30. The van der Waals surface area contributed by atoms with Crippen molar-refractivity contribution in [1.29, 1.82) is 0 Å². The maximum Gasteiger partial charge on any atom is 0.406 e. The van der Waals surface area contributed by atoms with E-state index in [9.17, 15) is 18.0 Å². The van der Waals surface area contributed by atoms with Crippen LogP contribution in [0.5, 0.6) is 0 Å². The first-order chi connectivity index (χ1) is 7.26. The van der Waals surface area contributed by atoms with Crippen LogP contribution in [0.3, 0.4) is 0 Å². The van der Waals surface area contributed by atoms with E-state index >= 15 is 0 Å². The summed E-state index contributed by atoms with van der Waals surface area (Å²) >= 11 is 0. The first-order valence-electron chi connectivity index (χ1n) is 4.79. The number of alkyl halides is 3. The number of nitrogens with one attached hydrogen (secondary N) is 1. The molecule has 7 heteroatoms. The maximum absolute atomic E-state index is 12.0. The van der Waals surface area contributed by atoms with Crippen molar-refractivity contribution in [3.05, 3.63) is 0 Å². The molecule has 0 radical (unpaired) electrons. The Morgan fingerprint density at radius 1 is 1.50 bits per heavy atom. The third kappa shape index (κ3) is 7.47. The average molecular weight is 242 g/mol. The highest BCUT2D eigenvalue weighted by molar-refractivity contribution is 5.78. The molecule has 1 amide bonds. The fourth-order valence-corrected chi connectivity index (χ4v) is 1.06. The van der Waals surface area contributed by atoms with Crippen LogP contribution >= 0.6 is 0 Å². The molecule has 96 valence electrons. The number of halogens is 3. The minimum Gasteiger partial charge on any atom is -0.383 e. The summed E-state index contributed by atoms with van der Waals surface area (Å²) < 4.78 is 40.7. The number of nitrogens with zero attached hydrogens (tertiary/aromatic N) is 1. The fourth-order valence-electron chi connectivity index (χ4n) is 1.06. The second-order valence-corrected chi connectivity index (χ2v) is 3.60. The Balaban J connectivity index is 3.88. The molecule has 0 fully saturated rings. The van der Waals surface area contributed by atoms with Gasteiger partial charge in [0.1, 0.15) is 6.54 Å². The molecule has 1 atom stereocenters. The van der Waals surface area contributed by atoms with Crippen molar-refractivity contribution in [3.63, 3.8) is 0 Å². The summed E-state index contributed by atoms with van der Waals surface area (Å²) in [5.41, 5.74) is 0. The zero-order valence-electron chi connectivity index (χ0n) is 9.60. The van der Waals surface area contributed by atoms with Crippen molar-refractivity contribution in [3.8, 4) is 0 Å². The Morgan fingerprint density at radius 3 is 2.50 bits per heavy atom. The maximum atomic E-state index is 12.0. The molecule has 0 bridgehead atoms. The standard InChI is InChI=1S/C9H17F3N2O2/c1-7(5-16-3)13-4-8(15)14(2)6-9(10,11)12/h7,13H,4-6H2,1-3H3. The Bertz CT molecular complexity index is 221. The zero-order chi connectivity index (χ0) is 12.8. The van der Waals surface area contributed by atoms with Gasteiger partial charge in [0.15, 0.2) is 0 Å². The van der Waals surface area contributed by atoms with Gasteiger partial charge in [-0.05, 0) is 6.92 Å². The van der Waals surface area contributed by atoms with E-state index in [0.29, 0.717) is 11.5 Å². The predicted octanol–water partition coefficient (Wildman–Crippen LogP) is 0.632. The van der Waals surface area contributed by atoms with Gasteiger partial charge in [0, 0.05) is 20.2 Å². The molecular weight excluding hydrogens is 225 g/mol. The quantitative estimate of drug-likeness (QED) is 0.743. The van der Waals surface area contributed by atoms with Crippen LogP contribution in [0.15, 0.2) is 0 Å². The second kappa shape index (κ2) is 6.70. The number of carbonyl (C=O) groups is 1. The molecule has 0 saturated heterocycles. The smallest absolute Gasteiger partial charge is 0.383 e. The van der Waals surface area contributed by atoms with Crippen LogP contribution < -0.4 is 5.32 Å². The van der Waals surface area contributed by atoms with Crippen LogP contribution in [0.25, 0.3) is 0 Å². The number of amides is 1. The van der Waals surface area contributed by atoms with Gasteiger partial charge < -0.3 is 15.0 Å². The topological polar surface area (TPSA) is 41.6 Å². The number of rotatable bonds is 6. The monoisotopic (exact) mass is 242 g/mol. The van der Waals surface area contributed by atoms with E-state index in [1.54, 1.807) is 6.92 Å². The number of methoxy groups -OCH3 is 1. The zero-order valence-corrected chi connectivity index (χ0v) is 9.60. The van der Waals surface area contributed by atoms with Gasteiger partial charge in [-0.25, -0.2) is 0 Å². The molecule has 0 aromatic heterocycles. The molecule has 0 aromatic carbocycles. The highest BCUT2D eigenvalue weighted by atomic mass is 19.4. The first kappa shape index (κ1) is 15.2. The van der Waals surface area contributed by atoms with E-state index in [1.807, 2.05) is 0 Å². The lowest BCUT2D eigenvalue weighted by atomic mass is 10.3. The summed E-state index contributed by atoms with van der Waals surface area (Å²) in [6.45, 7) is 0.820. The van der Waals surface area contributed by atoms with Gasteiger partial charge >= 0.3 is 6.18 Å².